The second-order valence-corrected chi connectivity index (χ2v) is 6.35. The molecule has 0 N–H and O–H groups in total. The summed E-state index contributed by atoms with van der Waals surface area (Å²) in [6.45, 7) is 0.807. The third-order valence-electron chi connectivity index (χ3n) is 3.04. The molecule has 1 aromatic heterocycles. The Hall–Kier alpha value is -1.39. The topological polar surface area (TPSA) is 17.8 Å². The lowest BCUT2D eigenvalue weighted by Crippen LogP contribution is -2.01. The zero-order valence-corrected chi connectivity index (χ0v) is 13.8. The Balaban J connectivity index is 1.94. The SMILES string of the molecule is Brc1cccc(Cn2ccnc2-c2cccc(Br)c2)c1. The van der Waals surface area contributed by atoms with Crippen molar-refractivity contribution in [1.29, 1.82) is 0 Å². The lowest BCUT2D eigenvalue weighted by molar-refractivity contribution is 0.806. The van der Waals surface area contributed by atoms with Crippen LogP contribution in [0.1, 0.15) is 5.56 Å². The molecule has 4 heteroatoms. The van der Waals surface area contributed by atoms with Crippen molar-refractivity contribution in [2.45, 2.75) is 6.54 Å². The van der Waals surface area contributed by atoms with Crippen LogP contribution >= 0.6 is 31.9 Å². The Morgan fingerprint density at radius 1 is 0.950 bits per heavy atom. The molecule has 0 saturated carbocycles. The first-order valence-electron chi connectivity index (χ1n) is 6.24. The molecule has 0 aliphatic rings. The molecule has 0 aliphatic heterocycles. The fraction of sp³-hybridized carbons (Fsp3) is 0.0625. The van der Waals surface area contributed by atoms with Gasteiger partial charge in [0.15, 0.2) is 0 Å². The molecule has 0 unspecified atom stereocenters. The van der Waals surface area contributed by atoms with Gasteiger partial charge in [-0.15, -0.1) is 0 Å². The van der Waals surface area contributed by atoms with Crippen molar-refractivity contribution >= 4 is 31.9 Å². The van der Waals surface area contributed by atoms with Crippen molar-refractivity contribution in [1.82, 2.24) is 9.55 Å². The van der Waals surface area contributed by atoms with Crippen LogP contribution in [0.4, 0.5) is 0 Å². The molecule has 1 heterocycles. The van der Waals surface area contributed by atoms with Gasteiger partial charge in [-0.2, -0.15) is 0 Å². The summed E-state index contributed by atoms with van der Waals surface area (Å²) in [6, 6.07) is 16.5. The van der Waals surface area contributed by atoms with E-state index in [9.17, 15) is 0 Å². The van der Waals surface area contributed by atoms with Crippen LogP contribution in [-0.2, 0) is 6.54 Å². The van der Waals surface area contributed by atoms with Crippen LogP contribution in [0.5, 0.6) is 0 Å². The quantitative estimate of drug-likeness (QED) is 0.605. The average Bonchev–Trinajstić information content (AvgIpc) is 2.87. The minimum Gasteiger partial charge on any atom is -0.327 e. The smallest absolute Gasteiger partial charge is 0.140 e. The van der Waals surface area contributed by atoms with Crippen LogP contribution in [0.15, 0.2) is 69.9 Å². The van der Waals surface area contributed by atoms with Gasteiger partial charge < -0.3 is 4.57 Å². The van der Waals surface area contributed by atoms with Crippen LogP contribution in [0, 0.1) is 0 Å². The second-order valence-electron chi connectivity index (χ2n) is 4.52. The summed E-state index contributed by atoms with van der Waals surface area (Å²) >= 11 is 7.01. The van der Waals surface area contributed by atoms with Crippen LogP contribution in [0.2, 0.25) is 0 Å². The summed E-state index contributed by atoms with van der Waals surface area (Å²) in [5.74, 6) is 0.978. The lowest BCUT2D eigenvalue weighted by Gasteiger charge is -2.09. The molecule has 3 aromatic rings. The van der Waals surface area contributed by atoms with Gasteiger partial charge in [0.1, 0.15) is 5.82 Å². The number of aromatic nitrogens is 2. The fourth-order valence-electron chi connectivity index (χ4n) is 2.16. The Kier molecular flexibility index (Phi) is 4.03. The maximum absolute atomic E-state index is 4.48. The summed E-state index contributed by atoms with van der Waals surface area (Å²) in [5, 5.41) is 0. The molecule has 0 bridgehead atoms. The number of nitrogens with zero attached hydrogens (tertiary/aromatic N) is 2. The number of benzene rings is 2. The van der Waals surface area contributed by atoms with E-state index in [0.717, 1.165) is 26.9 Å². The van der Waals surface area contributed by atoms with Crippen molar-refractivity contribution in [3.05, 3.63) is 75.4 Å². The number of hydrogen-bond acceptors (Lipinski definition) is 1. The zero-order valence-electron chi connectivity index (χ0n) is 10.6. The van der Waals surface area contributed by atoms with E-state index >= 15 is 0 Å². The summed E-state index contributed by atoms with van der Waals surface area (Å²) in [6.07, 6.45) is 3.85. The molecule has 20 heavy (non-hydrogen) atoms. The summed E-state index contributed by atoms with van der Waals surface area (Å²) in [4.78, 5) is 4.48. The van der Waals surface area contributed by atoms with E-state index in [1.54, 1.807) is 0 Å². The first-order chi connectivity index (χ1) is 9.72. The van der Waals surface area contributed by atoms with E-state index in [1.807, 2.05) is 30.6 Å². The number of imidazole rings is 1. The maximum Gasteiger partial charge on any atom is 0.140 e. The molecule has 0 saturated heterocycles. The van der Waals surface area contributed by atoms with E-state index in [1.165, 1.54) is 5.56 Å². The predicted molar refractivity (Wildman–Crippen MR) is 88.6 cm³/mol. The van der Waals surface area contributed by atoms with Gasteiger partial charge in [-0.1, -0.05) is 56.1 Å². The fourth-order valence-corrected chi connectivity index (χ4v) is 3.00. The van der Waals surface area contributed by atoms with Gasteiger partial charge >= 0.3 is 0 Å². The van der Waals surface area contributed by atoms with E-state index in [0.29, 0.717) is 0 Å². The molecule has 0 radical (unpaired) electrons. The molecule has 0 atom stereocenters. The Labute approximate surface area is 134 Å². The molecule has 2 nitrogen and oxygen atoms in total. The van der Waals surface area contributed by atoms with Gasteiger partial charge in [0.2, 0.25) is 0 Å². The first kappa shape index (κ1) is 13.6. The predicted octanol–water partition coefficient (Wildman–Crippen LogP) is 5.12. The zero-order chi connectivity index (χ0) is 13.9. The second kappa shape index (κ2) is 5.94. The first-order valence-corrected chi connectivity index (χ1v) is 7.82. The Bertz CT molecular complexity index is 735. The van der Waals surface area contributed by atoms with E-state index in [2.05, 4.69) is 71.7 Å². The summed E-state index contributed by atoms with van der Waals surface area (Å²) in [7, 11) is 0. The molecule has 2 aromatic carbocycles. The highest BCUT2D eigenvalue weighted by Crippen LogP contribution is 2.22. The third kappa shape index (κ3) is 3.02. The van der Waals surface area contributed by atoms with E-state index < -0.39 is 0 Å². The lowest BCUT2D eigenvalue weighted by atomic mass is 10.2. The minimum absolute atomic E-state index is 0.807. The Morgan fingerprint density at radius 2 is 1.70 bits per heavy atom. The van der Waals surface area contributed by atoms with Crippen molar-refractivity contribution in [2.24, 2.45) is 0 Å². The van der Waals surface area contributed by atoms with Crippen LogP contribution in [0.25, 0.3) is 11.4 Å². The van der Waals surface area contributed by atoms with Gasteiger partial charge in [-0.25, -0.2) is 4.98 Å². The molecule has 0 amide bonds. The van der Waals surface area contributed by atoms with Gasteiger partial charge in [0.25, 0.3) is 0 Å². The standard InChI is InChI=1S/C16H12Br2N2/c17-14-5-1-3-12(9-14)11-20-8-7-19-16(20)13-4-2-6-15(18)10-13/h1-10H,11H2. The molecule has 100 valence electrons. The molecule has 0 fully saturated rings. The highest BCUT2D eigenvalue weighted by atomic mass is 79.9. The maximum atomic E-state index is 4.48. The highest BCUT2D eigenvalue weighted by Gasteiger charge is 2.07. The average molecular weight is 392 g/mol. The van der Waals surface area contributed by atoms with Crippen molar-refractivity contribution < 1.29 is 0 Å². The minimum atomic E-state index is 0.807. The monoisotopic (exact) mass is 390 g/mol. The van der Waals surface area contributed by atoms with Crippen molar-refractivity contribution in [3.8, 4) is 11.4 Å². The molecule has 0 spiro atoms. The van der Waals surface area contributed by atoms with Gasteiger partial charge in [-0.05, 0) is 29.8 Å². The highest BCUT2D eigenvalue weighted by molar-refractivity contribution is 9.10. The van der Waals surface area contributed by atoms with Crippen molar-refractivity contribution in [3.63, 3.8) is 0 Å². The van der Waals surface area contributed by atoms with E-state index in [4.69, 9.17) is 0 Å². The van der Waals surface area contributed by atoms with Crippen LogP contribution < -0.4 is 0 Å². The normalized spacial score (nSPS) is 10.7. The van der Waals surface area contributed by atoms with Crippen LogP contribution in [0.3, 0.4) is 0 Å². The molecule has 0 aliphatic carbocycles. The van der Waals surface area contributed by atoms with Gasteiger partial charge in [0.05, 0.1) is 0 Å². The van der Waals surface area contributed by atoms with Gasteiger partial charge in [-0.3, -0.25) is 0 Å². The number of hydrogen-bond donors (Lipinski definition) is 0. The molecular formula is C16H12Br2N2. The number of rotatable bonds is 3. The molecular weight excluding hydrogens is 380 g/mol. The summed E-state index contributed by atoms with van der Waals surface area (Å²) < 4.78 is 4.31. The molecule has 3 rings (SSSR count). The summed E-state index contributed by atoms with van der Waals surface area (Å²) in [5.41, 5.74) is 2.35. The largest absolute Gasteiger partial charge is 0.327 e. The Morgan fingerprint density at radius 3 is 2.45 bits per heavy atom. The van der Waals surface area contributed by atoms with E-state index in [-0.39, 0.29) is 0 Å². The number of halogens is 2. The van der Waals surface area contributed by atoms with Crippen molar-refractivity contribution in [2.75, 3.05) is 0 Å². The van der Waals surface area contributed by atoms with Crippen LogP contribution in [-0.4, -0.2) is 9.55 Å². The van der Waals surface area contributed by atoms with Gasteiger partial charge in [0, 0.05) is 33.4 Å². The third-order valence-corrected chi connectivity index (χ3v) is 4.03.